The highest BCUT2D eigenvalue weighted by Crippen LogP contribution is 2.39. The van der Waals surface area contributed by atoms with E-state index in [1.807, 2.05) is 66.0 Å². The molecule has 1 aliphatic heterocycles. The number of alkyl halides is 3. The van der Waals surface area contributed by atoms with Crippen LogP contribution in [0.5, 0.6) is 0 Å². The molecule has 1 aliphatic rings. The van der Waals surface area contributed by atoms with Crippen LogP contribution in [-0.2, 0) is 32.4 Å². The number of benzene rings is 3. The Kier molecular flexibility index (Phi) is 14.9. The number of nitrogens with zero attached hydrogens (tertiary/aromatic N) is 4. The second-order valence-corrected chi connectivity index (χ2v) is 16.5. The SMILES string of the molecule is CC(C)[C@H](NC(=O)[C@@H](O)[C@H](N)Cc1ccccc1)C(=O)NCCCC(=O)N1CCC(CNC(=O)c2cccc(-c3noc(C(F)(F)F)n3)c2)(c2nc(-c3ccccc3)cs2)CC1. The van der Waals surface area contributed by atoms with E-state index in [-0.39, 0.29) is 54.7 Å². The Morgan fingerprint density at radius 2 is 1.60 bits per heavy atom. The molecule has 3 aromatic carbocycles. The normalized spacial score (nSPS) is 15.4. The first kappa shape index (κ1) is 45.5. The number of nitrogens with one attached hydrogen (secondary N) is 3. The first-order valence-corrected chi connectivity index (χ1v) is 21.2. The van der Waals surface area contributed by atoms with Crippen LogP contribution in [0.25, 0.3) is 22.6 Å². The largest absolute Gasteiger partial charge is 0.471 e. The summed E-state index contributed by atoms with van der Waals surface area (Å²) < 4.78 is 43.6. The van der Waals surface area contributed by atoms with Crippen LogP contribution < -0.4 is 21.7 Å². The molecule has 6 rings (SSSR count). The van der Waals surface area contributed by atoms with Crippen LogP contribution in [0.4, 0.5) is 13.2 Å². The lowest BCUT2D eigenvalue weighted by Crippen LogP contribution is -2.55. The van der Waals surface area contributed by atoms with E-state index in [1.54, 1.807) is 18.7 Å². The van der Waals surface area contributed by atoms with E-state index in [2.05, 4.69) is 30.6 Å². The van der Waals surface area contributed by atoms with Gasteiger partial charge in [0.25, 0.3) is 11.8 Å². The molecule has 3 heterocycles. The predicted octanol–water partition coefficient (Wildman–Crippen LogP) is 5.14. The maximum atomic E-state index is 13.5. The van der Waals surface area contributed by atoms with Crippen molar-refractivity contribution in [2.45, 2.75) is 75.7 Å². The van der Waals surface area contributed by atoms with Crippen molar-refractivity contribution in [3.63, 3.8) is 0 Å². The van der Waals surface area contributed by atoms with E-state index in [0.29, 0.717) is 32.4 Å². The van der Waals surface area contributed by atoms with Crippen molar-refractivity contribution in [3.05, 3.63) is 112 Å². The fourth-order valence-corrected chi connectivity index (χ4v) is 8.29. The summed E-state index contributed by atoms with van der Waals surface area (Å²) in [5, 5.41) is 25.2. The fraction of sp³-hybridized carbons (Fsp3) is 0.386. The van der Waals surface area contributed by atoms with Crippen LogP contribution in [0.2, 0.25) is 0 Å². The van der Waals surface area contributed by atoms with E-state index in [4.69, 9.17) is 10.7 Å². The van der Waals surface area contributed by atoms with Crippen molar-refractivity contribution in [2.24, 2.45) is 11.7 Å². The number of piperidine rings is 1. The second kappa shape index (κ2) is 20.3. The van der Waals surface area contributed by atoms with Crippen LogP contribution in [0.15, 0.2) is 94.8 Å². The third kappa shape index (κ3) is 11.5. The number of carbonyl (C=O) groups is 4. The summed E-state index contributed by atoms with van der Waals surface area (Å²) in [4.78, 5) is 63.2. The Morgan fingerprint density at radius 3 is 2.26 bits per heavy atom. The van der Waals surface area contributed by atoms with Crippen LogP contribution in [0, 0.1) is 5.92 Å². The molecule has 18 heteroatoms. The van der Waals surface area contributed by atoms with Gasteiger partial charge in [0.05, 0.1) is 5.69 Å². The van der Waals surface area contributed by atoms with Crippen LogP contribution >= 0.6 is 11.3 Å². The zero-order valence-corrected chi connectivity index (χ0v) is 35.0. The third-order valence-electron chi connectivity index (χ3n) is 10.8. The molecule has 0 saturated carbocycles. The molecule has 1 saturated heterocycles. The number of likely N-dealkylation sites (tertiary alicyclic amines) is 1. The number of halogens is 3. The van der Waals surface area contributed by atoms with Gasteiger partial charge in [-0.2, -0.15) is 18.2 Å². The topological polar surface area (TPSA) is 206 Å². The molecule has 14 nitrogen and oxygen atoms in total. The van der Waals surface area contributed by atoms with Gasteiger partial charge in [-0.1, -0.05) is 91.8 Å². The number of nitrogens with two attached hydrogens (primary N) is 1. The molecule has 2 aromatic heterocycles. The summed E-state index contributed by atoms with van der Waals surface area (Å²) in [5.74, 6) is -3.84. The molecule has 3 atom stereocenters. The molecule has 0 aliphatic carbocycles. The standard InChI is InChI=1S/C44H49F3N8O6S/c1-27(2)35(52-40(60)36(57)32(48)23-28-11-5-3-6-12-28)39(59)49-20-10-17-34(56)55-21-18-43(19-22-55,42-51-33(25-62-42)29-13-7-4-8-14-29)26-50-38(58)31-16-9-15-30(24-31)37-53-41(61-54-37)44(45,46)47/h3-9,11-16,24-25,27,32,35-36,57H,10,17-23,26,48H2,1-2H3,(H,49,59)(H,50,58)(H,52,60)/t32-,35+,36+/m1/s1. The van der Waals surface area contributed by atoms with Gasteiger partial charge in [-0.15, -0.1) is 11.3 Å². The van der Waals surface area contributed by atoms with Gasteiger partial charge in [-0.25, -0.2) is 4.98 Å². The third-order valence-corrected chi connectivity index (χ3v) is 11.9. The number of aliphatic hydroxyl groups excluding tert-OH is 1. The summed E-state index contributed by atoms with van der Waals surface area (Å²) in [6, 6.07) is 23.0. The van der Waals surface area contributed by atoms with Crippen molar-refractivity contribution >= 4 is 35.0 Å². The summed E-state index contributed by atoms with van der Waals surface area (Å²) in [6.07, 6.45) is -4.59. The Balaban J connectivity index is 1.04. The van der Waals surface area contributed by atoms with Gasteiger partial charge >= 0.3 is 12.1 Å². The molecular weight excluding hydrogens is 826 g/mol. The zero-order chi connectivity index (χ0) is 44.4. The highest BCUT2D eigenvalue weighted by atomic mass is 32.1. The molecule has 1 fully saturated rings. The van der Waals surface area contributed by atoms with Gasteiger partial charge in [0, 0.05) is 66.1 Å². The van der Waals surface area contributed by atoms with Crippen molar-refractivity contribution in [3.8, 4) is 22.6 Å². The Morgan fingerprint density at radius 1 is 0.919 bits per heavy atom. The molecule has 0 unspecified atom stereocenters. The van der Waals surface area contributed by atoms with Crippen molar-refractivity contribution in [1.82, 2.24) is 36.0 Å². The van der Waals surface area contributed by atoms with E-state index < -0.39 is 53.4 Å². The summed E-state index contributed by atoms with van der Waals surface area (Å²) in [5.41, 5.74) is 8.42. The number of aliphatic hydroxyl groups is 1. The molecule has 0 spiro atoms. The summed E-state index contributed by atoms with van der Waals surface area (Å²) >= 11 is 1.47. The number of amides is 4. The van der Waals surface area contributed by atoms with E-state index in [1.165, 1.54) is 35.6 Å². The number of thiazole rings is 1. The molecular formula is C44H49F3N8O6S. The Bertz CT molecular complexity index is 2300. The average molecular weight is 875 g/mol. The monoisotopic (exact) mass is 874 g/mol. The minimum absolute atomic E-state index is 0.0998. The number of aromatic nitrogens is 3. The van der Waals surface area contributed by atoms with Crippen molar-refractivity contribution in [2.75, 3.05) is 26.2 Å². The maximum absolute atomic E-state index is 13.5. The van der Waals surface area contributed by atoms with Gasteiger partial charge in [-0.05, 0) is 49.3 Å². The number of carbonyl (C=O) groups excluding carboxylic acids is 4. The molecule has 328 valence electrons. The first-order valence-electron chi connectivity index (χ1n) is 20.3. The molecule has 5 aromatic rings. The van der Waals surface area contributed by atoms with Gasteiger partial charge in [0.15, 0.2) is 0 Å². The number of rotatable bonds is 17. The lowest BCUT2D eigenvalue weighted by atomic mass is 9.78. The maximum Gasteiger partial charge on any atom is 0.471 e. The summed E-state index contributed by atoms with van der Waals surface area (Å²) in [6.45, 7) is 4.67. The highest BCUT2D eigenvalue weighted by molar-refractivity contribution is 7.10. The Hall–Kier alpha value is -5.98. The predicted molar refractivity (Wildman–Crippen MR) is 225 cm³/mol. The van der Waals surface area contributed by atoms with Gasteiger partial charge in [-0.3, -0.25) is 19.2 Å². The van der Waals surface area contributed by atoms with E-state index in [0.717, 1.165) is 21.8 Å². The van der Waals surface area contributed by atoms with E-state index in [9.17, 15) is 37.5 Å². The van der Waals surface area contributed by atoms with Crippen molar-refractivity contribution in [1.29, 1.82) is 0 Å². The first-order chi connectivity index (χ1) is 29.6. The number of hydrogen-bond acceptors (Lipinski definition) is 11. The zero-order valence-electron chi connectivity index (χ0n) is 34.2. The van der Waals surface area contributed by atoms with Gasteiger partial charge in [0.1, 0.15) is 17.2 Å². The lowest BCUT2D eigenvalue weighted by molar-refractivity contribution is -0.159. The average Bonchev–Trinajstić information content (AvgIpc) is 3.99. The van der Waals surface area contributed by atoms with Crippen LogP contribution in [-0.4, -0.2) is 93.1 Å². The summed E-state index contributed by atoms with van der Waals surface area (Å²) in [7, 11) is 0. The number of hydrogen-bond donors (Lipinski definition) is 5. The highest BCUT2D eigenvalue weighted by Gasteiger charge is 2.41. The minimum atomic E-state index is -4.81. The fourth-order valence-electron chi connectivity index (χ4n) is 7.20. The smallest absolute Gasteiger partial charge is 0.382 e. The molecule has 4 amide bonds. The van der Waals surface area contributed by atoms with Crippen LogP contribution in [0.3, 0.4) is 0 Å². The molecule has 62 heavy (non-hydrogen) atoms. The van der Waals surface area contributed by atoms with E-state index >= 15 is 0 Å². The van der Waals surface area contributed by atoms with Gasteiger partial charge < -0.3 is 36.2 Å². The van der Waals surface area contributed by atoms with Gasteiger partial charge in [0.2, 0.25) is 17.6 Å². The molecule has 6 N–H and O–H groups in total. The van der Waals surface area contributed by atoms with Crippen LogP contribution in [0.1, 0.15) is 66.4 Å². The Labute approximate surface area is 360 Å². The second-order valence-electron chi connectivity index (χ2n) is 15.7. The minimum Gasteiger partial charge on any atom is -0.382 e. The molecule has 0 bridgehead atoms. The quantitative estimate of drug-likeness (QED) is 0.0779. The van der Waals surface area contributed by atoms with Crippen molar-refractivity contribution < 1.29 is 42.0 Å². The molecule has 0 radical (unpaired) electrons. The lowest BCUT2D eigenvalue weighted by Gasteiger charge is -2.40.